The number of carbonyl (C=O) groups excluding carboxylic acids is 1. The zero-order valence-electron chi connectivity index (χ0n) is 18.7. The number of hydrogen-bond acceptors (Lipinski definition) is 14. The van der Waals surface area contributed by atoms with Crippen LogP contribution in [-0.2, 0) is 23.7 Å². The van der Waals surface area contributed by atoms with Crippen molar-refractivity contribution >= 4 is 6.41 Å². The largest absolute Gasteiger partial charge is 0.394 e. The molecule has 14 atom stereocenters. The zero-order chi connectivity index (χ0) is 25.3. The van der Waals surface area contributed by atoms with E-state index in [1.807, 2.05) is 0 Å². The van der Waals surface area contributed by atoms with Gasteiger partial charge in [0.25, 0.3) is 0 Å². The molecule has 0 aromatic heterocycles. The Bertz CT molecular complexity index is 678. The lowest BCUT2D eigenvalue weighted by Gasteiger charge is -2.48. The Morgan fingerprint density at radius 2 is 1.53 bits per heavy atom. The lowest BCUT2D eigenvalue weighted by atomic mass is 9.84. The van der Waals surface area contributed by atoms with Crippen molar-refractivity contribution in [3.05, 3.63) is 0 Å². The van der Waals surface area contributed by atoms with E-state index in [1.165, 1.54) is 7.05 Å². The van der Waals surface area contributed by atoms with Crippen molar-refractivity contribution in [1.82, 2.24) is 4.90 Å². The van der Waals surface area contributed by atoms with Gasteiger partial charge in [-0.3, -0.25) is 4.79 Å². The van der Waals surface area contributed by atoms with Crippen molar-refractivity contribution in [1.29, 1.82) is 0 Å². The molecule has 15 heteroatoms. The molecule has 34 heavy (non-hydrogen) atoms. The smallest absolute Gasteiger partial charge is 0.209 e. The number of nitrogens with zero attached hydrogens (tertiary/aromatic N) is 1. The first-order valence-corrected chi connectivity index (χ1v) is 11.0. The summed E-state index contributed by atoms with van der Waals surface area (Å²) in [5.74, 6) is 0. The van der Waals surface area contributed by atoms with E-state index in [4.69, 9.17) is 36.1 Å². The molecule has 0 bridgehead atoms. The number of rotatable bonds is 7. The molecule has 0 spiro atoms. The van der Waals surface area contributed by atoms with Crippen LogP contribution in [-0.4, -0.2) is 148 Å². The molecule has 1 saturated carbocycles. The number of aliphatic hydroxyl groups is 6. The third kappa shape index (κ3) is 5.36. The van der Waals surface area contributed by atoms with Crippen LogP contribution in [0.2, 0.25) is 0 Å². The van der Waals surface area contributed by atoms with Crippen LogP contribution >= 0.6 is 0 Å². The number of hydrogen-bond donors (Lipinski definition) is 9. The highest BCUT2D eigenvalue weighted by Gasteiger charge is 2.51. The first-order valence-electron chi connectivity index (χ1n) is 11.0. The van der Waals surface area contributed by atoms with Gasteiger partial charge in [0.1, 0.15) is 48.8 Å². The van der Waals surface area contributed by atoms with E-state index in [9.17, 15) is 35.4 Å². The summed E-state index contributed by atoms with van der Waals surface area (Å²) in [6.45, 7) is -0.852. The highest BCUT2D eigenvalue weighted by molar-refractivity contribution is 5.47. The molecule has 3 aliphatic rings. The predicted molar refractivity (Wildman–Crippen MR) is 111 cm³/mol. The van der Waals surface area contributed by atoms with E-state index in [2.05, 4.69) is 0 Å². The van der Waals surface area contributed by atoms with E-state index in [-0.39, 0.29) is 13.0 Å². The van der Waals surface area contributed by atoms with Crippen LogP contribution in [0.1, 0.15) is 6.42 Å². The maximum absolute atomic E-state index is 11.1. The average Bonchev–Trinajstić information content (AvgIpc) is 2.80. The quantitative estimate of drug-likeness (QED) is 0.149. The molecule has 3 rings (SSSR count). The standard InChI is InChI=1S/C19H36N4O11/c1-23(5-25)11-8(26)4-31-19(14(11)29)34-17-7(21)2-6(20)16(15(17)30)33-18-10(22)13(28)12(27)9(3-24)32-18/h5-19,24,26-30H,2-4,20-22H2,1H3/t6-,7+,8+,9+,10+,11-,12+,13+,14+,15-,16+,17-,18+,19+/m0/s1. The van der Waals surface area contributed by atoms with E-state index in [0.29, 0.717) is 6.41 Å². The van der Waals surface area contributed by atoms with Gasteiger partial charge < -0.3 is 71.7 Å². The van der Waals surface area contributed by atoms with Crippen LogP contribution < -0.4 is 17.2 Å². The van der Waals surface area contributed by atoms with Crippen LogP contribution in [0.3, 0.4) is 0 Å². The lowest BCUT2D eigenvalue weighted by molar-refractivity contribution is -0.313. The average molecular weight is 497 g/mol. The van der Waals surface area contributed by atoms with E-state index in [1.54, 1.807) is 0 Å². The summed E-state index contributed by atoms with van der Waals surface area (Å²) in [5.41, 5.74) is 18.2. The van der Waals surface area contributed by atoms with Gasteiger partial charge in [-0.15, -0.1) is 0 Å². The second-order valence-corrected chi connectivity index (χ2v) is 9.06. The van der Waals surface area contributed by atoms with Crippen molar-refractivity contribution in [2.45, 2.75) is 92.0 Å². The van der Waals surface area contributed by atoms with E-state index >= 15 is 0 Å². The van der Waals surface area contributed by atoms with Crippen LogP contribution in [0.4, 0.5) is 0 Å². The minimum Gasteiger partial charge on any atom is -0.394 e. The number of aliphatic hydroxyl groups excluding tert-OH is 6. The van der Waals surface area contributed by atoms with Crippen molar-refractivity contribution in [2.24, 2.45) is 17.2 Å². The number of amides is 1. The highest BCUT2D eigenvalue weighted by Crippen LogP contribution is 2.30. The van der Waals surface area contributed by atoms with Crippen molar-refractivity contribution in [3.63, 3.8) is 0 Å². The fourth-order valence-electron chi connectivity index (χ4n) is 4.66. The Balaban J connectivity index is 1.72. The molecule has 15 nitrogen and oxygen atoms in total. The predicted octanol–water partition coefficient (Wildman–Crippen LogP) is -6.52. The summed E-state index contributed by atoms with van der Waals surface area (Å²) in [4.78, 5) is 12.2. The first-order chi connectivity index (χ1) is 16.0. The number of nitrogens with two attached hydrogens (primary N) is 3. The zero-order valence-corrected chi connectivity index (χ0v) is 18.7. The third-order valence-electron chi connectivity index (χ3n) is 6.66. The molecule has 1 aliphatic carbocycles. The number of ether oxygens (including phenoxy) is 4. The van der Waals surface area contributed by atoms with Gasteiger partial charge in [-0.05, 0) is 6.42 Å². The minimum absolute atomic E-state index is 0.117. The molecule has 0 unspecified atom stereocenters. The Labute approximate surface area is 195 Å². The molecular formula is C19H36N4O11. The Morgan fingerprint density at radius 1 is 0.941 bits per heavy atom. The fraction of sp³-hybridized carbons (Fsp3) is 0.947. The summed E-state index contributed by atoms with van der Waals surface area (Å²) in [6, 6.07) is -3.82. The van der Waals surface area contributed by atoms with Crippen molar-refractivity contribution < 1.29 is 54.4 Å². The maximum Gasteiger partial charge on any atom is 0.209 e. The first kappa shape index (κ1) is 27.5. The maximum atomic E-state index is 11.1. The molecule has 12 N–H and O–H groups in total. The summed E-state index contributed by atoms with van der Waals surface area (Å²) >= 11 is 0. The summed E-state index contributed by atoms with van der Waals surface area (Å²) in [6.07, 6.45) is -12.5. The van der Waals surface area contributed by atoms with Gasteiger partial charge in [0.15, 0.2) is 12.6 Å². The second kappa shape index (κ2) is 11.3. The van der Waals surface area contributed by atoms with Gasteiger partial charge in [0.05, 0.1) is 25.3 Å². The highest BCUT2D eigenvalue weighted by atomic mass is 16.7. The molecule has 0 radical (unpaired) electrons. The minimum atomic E-state index is -1.47. The molecule has 198 valence electrons. The van der Waals surface area contributed by atoms with Crippen LogP contribution in [0, 0.1) is 0 Å². The number of likely N-dealkylation sites (N-methyl/N-ethyl adjacent to an activating group) is 1. The molecule has 2 heterocycles. The van der Waals surface area contributed by atoms with Gasteiger partial charge in [-0.25, -0.2) is 0 Å². The van der Waals surface area contributed by atoms with Crippen LogP contribution in [0.5, 0.6) is 0 Å². The molecule has 2 aliphatic heterocycles. The Morgan fingerprint density at radius 3 is 2.09 bits per heavy atom. The van der Waals surface area contributed by atoms with Gasteiger partial charge in [0, 0.05) is 19.1 Å². The van der Waals surface area contributed by atoms with Crippen LogP contribution in [0.15, 0.2) is 0 Å². The molecule has 1 amide bonds. The summed E-state index contributed by atoms with van der Waals surface area (Å²) < 4.78 is 22.4. The van der Waals surface area contributed by atoms with E-state index in [0.717, 1.165) is 4.90 Å². The normalized spacial score (nSPS) is 50.1. The summed E-state index contributed by atoms with van der Waals surface area (Å²) in [7, 11) is 1.38. The molecule has 0 aromatic rings. The molecule has 0 aromatic carbocycles. The topological polar surface area (TPSA) is 257 Å². The summed E-state index contributed by atoms with van der Waals surface area (Å²) in [5, 5.41) is 61.2. The second-order valence-electron chi connectivity index (χ2n) is 9.06. The van der Waals surface area contributed by atoms with Gasteiger partial charge in [-0.2, -0.15) is 0 Å². The van der Waals surface area contributed by atoms with Gasteiger partial charge in [0.2, 0.25) is 6.41 Å². The molecule has 2 saturated heterocycles. The Kier molecular flexibility index (Phi) is 9.18. The lowest BCUT2D eigenvalue weighted by Crippen LogP contribution is -2.68. The molecular weight excluding hydrogens is 460 g/mol. The molecule has 3 fully saturated rings. The third-order valence-corrected chi connectivity index (χ3v) is 6.66. The van der Waals surface area contributed by atoms with Gasteiger partial charge in [-0.1, -0.05) is 0 Å². The SMILES string of the molecule is CN(C=O)[C@@H]1[C@@H](O)[C@@H](O[C@@H]2[C@@H](O)[C@H](O[C@H]3O[C@H](CO)[C@@H](O)[C@H](O)[C@H]3N)[C@@H](N)C[C@H]2N)OC[C@H]1O. The van der Waals surface area contributed by atoms with Crippen molar-refractivity contribution in [3.8, 4) is 0 Å². The number of carbonyl (C=O) groups is 1. The van der Waals surface area contributed by atoms with Crippen LogP contribution in [0.25, 0.3) is 0 Å². The van der Waals surface area contributed by atoms with E-state index < -0.39 is 92.2 Å². The monoisotopic (exact) mass is 496 g/mol. The van der Waals surface area contributed by atoms with Crippen molar-refractivity contribution in [2.75, 3.05) is 20.3 Å². The van der Waals surface area contributed by atoms with Gasteiger partial charge >= 0.3 is 0 Å². The fourth-order valence-corrected chi connectivity index (χ4v) is 4.66. The Hall–Kier alpha value is -1.05.